The molecule has 0 aromatic heterocycles. The number of amides is 3. The lowest BCUT2D eigenvalue weighted by atomic mass is 9.63. The molecular weight excluding hydrogens is 328 g/mol. The number of nitrogens with zero attached hydrogens (tertiary/aromatic N) is 1. The number of carbonyl (C=O) groups excluding carboxylic acids is 3. The van der Waals surface area contributed by atoms with Crippen LogP contribution in [0.25, 0.3) is 0 Å². The highest BCUT2D eigenvalue weighted by Gasteiger charge is 2.67. The van der Waals surface area contributed by atoms with Gasteiger partial charge in [-0.2, -0.15) is 0 Å². The standard InChI is InChI=1S/C21H22N2O3/c1-10-3-6-16(11(2)7-10)22-17(24)9-23-20(25)18-12-4-5-13(15-8-14(12)15)19(18)21(23)26/h3-7,12-15,18-19H,8-9H2,1-2H3,(H,22,24)/t12-,13+,14-,15-,18+,19+/m1/s1. The Balaban J connectivity index is 1.33. The number of nitrogens with one attached hydrogen (secondary N) is 1. The lowest BCUT2D eigenvalue weighted by Gasteiger charge is -2.37. The molecular formula is C21H22N2O3. The van der Waals surface area contributed by atoms with Crippen LogP contribution in [-0.2, 0) is 14.4 Å². The Bertz CT molecular complexity index is 838. The van der Waals surface area contributed by atoms with Crippen molar-refractivity contribution in [3.05, 3.63) is 41.5 Å². The van der Waals surface area contributed by atoms with E-state index in [0.29, 0.717) is 11.8 Å². The molecule has 0 spiro atoms. The van der Waals surface area contributed by atoms with Crippen LogP contribution in [0.5, 0.6) is 0 Å². The molecule has 6 rings (SSSR count). The zero-order valence-electron chi connectivity index (χ0n) is 14.9. The van der Waals surface area contributed by atoms with Crippen molar-refractivity contribution in [1.29, 1.82) is 0 Å². The van der Waals surface area contributed by atoms with E-state index in [1.807, 2.05) is 32.0 Å². The third-order valence-corrected chi connectivity index (χ3v) is 6.71. The number of rotatable bonds is 3. The number of hydrogen-bond acceptors (Lipinski definition) is 3. The highest BCUT2D eigenvalue weighted by atomic mass is 16.2. The maximum Gasteiger partial charge on any atom is 0.244 e. The molecule has 0 radical (unpaired) electrons. The van der Waals surface area contributed by atoms with Crippen LogP contribution >= 0.6 is 0 Å². The normalized spacial score (nSPS) is 36.2. The van der Waals surface area contributed by atoms with E-state index in [9.17, 15) is 14.4 Å². The molecule has 5 aliphatic rings. The van der Waals surface area contributed by atoms with Crippen molar-refractivity contribution in [1.82, 2.24) is 4.90 Å². The molecule has 6 atom stereocenters. The highest BCUT2D eigenvalue weighted by molar-refractivity contribution is 6.09. The van der Waals surface area contributed by atoms with Gasteiger partial charge in [-0.05, 0) is 55.6 Å². The van der Waals surface area contributed by atoms with Gasteiger partial charge in [-0.15, -0.1) is 0 Å². The fourth-order valence-electron chi connectivity index (χ4n) is 5.46. The first kappa shape index (κ1) is 15.8. The van der Waals surface area contributed by atoms with Crippen LogP contribution in [0.4, 0.5) is 5.69 Å². The summed E-state index contributed by atoms with van der Waals surface area (Å²) in [6.45, 7) is 3.74. The molecule has 0 unspecified atom stereocenters. The van der Waals surface area contributed by atoms with Crippen molar-refractivity contribution in [2.24, 2.45) is 35.5 Å². The van der Waals surface area contributed by atoms with Crippen LogP contribution in [0, 0.1) is 49.4 Å². The zero-order chi connectivity index (χ0) is 18.2. The predicted molar refractivity (Wildman–Crippen MR) is 96.0 cm³/mol. The van der Waals surface area contributed by atoms with Crippen LogP contribution in [-0.4, -0.2) is 29.2 Å². The Kier molecular flexibility index (Phi) is 3.21. The first-order valence-corrected chi connectivity index (χ1v) is 9.36. The summed E-state index contributed by atoms with van der Waals surface area (Å²) in [6, 6.07) is 5.78. The van der Waals surface area contributed by atoms with Crippen LogP contribution in [0.2, 0.25) is 0 Å². The fourth-order valence-corrected chi connectivity index (χ4v) is 5.46. The summed E-state index contributed by atoms with van der Waals surface area (Å²) in [7, 11) is 0. The summed E-state index contributed by atoms with van der Waals surface area (Å²) in [5.41, 5.74) is 2.81. The summed E-state index contributed by atoms with van der Waals surface area (Å²) >= 11 is 0. The van der Waals surface area contributed by atoms with Crippen molar-refractivity contribution < 1.29 is 14.4 Å². The van der Waals surface area contributed by atoms with Gasteiger partial charge in [-0.3, -0.25) is 19.3 Å². The molecule has 2 bridgehead atoms. The second kappa shape index (κ2) is 5.29. The Labute approximate surface area is 152 Å². The van der Waals surface area contributed by atoms with Crippen molar-refractivity contribution in [2.75, 3.05) is 11.9 Å². The van der Waals surface area contributed by atoms with Gasteiger partial charge in [0, 0.05) is 5.69 Å². The SMILES string of the molecule is Cc1ccc(NC(=O)CN2C(=O)[C@H]3[C@@H]4C=C[C@@H]([C@H]5C[C@H]45)[C@@H]3C2=O)c(C)c1. The second-order valence-electron chi connectivity index (χ2n) is 8.28. The van der Waals surface area contributed by atoms with Gasteiger partial charge in [-0.1, -0.05) is 29.8 Å². The fraction of sp³-hybridized carbons (Fsp3) is 0.476. The monoisotopic (exact) mass is 350 g/mol. The minimum atomic E-state index is -0.317. The number of hydrogen-bond donors (Lipinski definition) is 1. The third kappa shape index (κ3) is 2.12. The molecule has 1 N–H and O–H groups in total. The van der Waals surface area contributed by atoms with Crippen molar-refractivity contribution in [3.63, 3.8) is 0 Å². The molecule has 4 aliphatic carbocycles. The van der Waals surface area contributed by atoms with Crippen molar-refractivity contribution >= 4 is 23.4 Å². The van der Waals surface area contributed by atoms with Crippen LogP contribution in [0.15, 0.2) is 30.4 Å². The maximum absolute atomic E-state index is 12.9. The maximum atomic E-state index is 12.9. The van der Waals surface area contributed by atoms with Crippen molar-refractivity contribution in [3.8, 4) is 0 Å². The second-order valence-corrected chi connectivity index (χ2v) is 8.28. The molecule has 2 saturated carbocycles. The number of allylic oxidation sites excluding steroid dienone is 2. The molecule has 134 valence electrons. The molecule has 1 aromatic carbocycles. The molecule has 3 fully saturated rings. The van der Waals surface area contributed by atoms with Gasteiger partial charge < -0.3 is 5.32 Å². The van der Waals surface area contributed by atoms with Crippen LogP contribution in [0.3, 0.4) is 0 Å². The lowest BCUT2D eigenvalue weighted by molar-refractivity contribution is -0.142. The molecule has 3 amide bonds. The smallest absolute Gasteiger partial charge is 0.244 e. The van der Waals surface area contributed by atoms with E-state index >= 15 is 0 Å². The minimum Gasteiger partial charge on any atom is -0.324 e. The average molecular weight is 350 g/mol. The van der Waals surface area contributed by atoms with Gasteiger partial charge >= 0.3 is 0 Å². The molecule has 5 heteroatoms. The number of aryl methyl sites for hydroxylation is 2. The van der Waals surface area contributed by atoms with E-state index in [1.54, 1.807) is 0 Å². The van der Waals surface area contributed by atoms with E-state index in [0.717, 1.165) is 23.2 Å². The van der Waals surface area contributed by atoms with E-state index in [4.69, 9.17) is 0 Å². The highest BCUT2D eigenvalue weighted by Crippen LogP contribution is 2.65. The summed E-state index contributed by atoms with van der Waals surface area (Å²) in [5.74, 6) is 0.436. The number of likely N-dealkylation sites (tertiary alicyclic amines) is 1. The van der Waals surface area contributed by atoms with Crippen LogP contribution in [0.1, 0.15) is 17.5 Å². The Morgan fingerprint density at radius 1 is 1.08 bits per heavy atom. The first-order chi connectivity index (χ1) is 12.5. The molecule has 1 aromatic rings. The van der Waals surface area contributed by atoms with E-state index in [-0.39, 0.29) is 47.9 Å². The van der Waals surface area contributed by atoms with E-state index < -0.39 is 0 Å². The lowest BCUT2D eigenvalue weighted by Crippen LogP contribution is -2.40. The third-order valence-electron chi connectivity index (χ3n) is 6.71. The average Bonchev–Trinajstić information content (AvgIpc) is 3.39. The first-order valence-electron chi connectivity index (χ1n) is 9.36. The van der Waals surface area contributed by atoms with Gasteiger partial charge in [0.15, 0.2) is 0 Å². The van der Waals surface area contributed by atoms with E-state index in [2.05, 4.69) is 17.5 Å². The van der Waals surface area contributed by atoms with Gasteiger partial charge in [0.25, 0.3) is 0 Å². The van der Waals surface area contributed by atoms with Gasteiger partial charge in [-0.25, -0.2) is 0 Å². The van der Waals surface area contributed by atoms with Gasteiger partial charge in [0.05, 0.1) is 11.8 Å². The number of imide groups is 1. The summed E-state index contributed by atoms with van der Waals surface area (Å²) in [4.78, 5) is 39.5. The van der Waals surface area contributed by atoms with E-state index in [1.165, 1.54) is 4.90 Å². The Morgan fingerprint density at radius 3 is 2.27 bits per heavy atom. The number of carbonyl (C=O) groups is 3. The van der Waals surface area contributed by atoms with Crippen LogP contribution < -0.4 is 5.32 Å². The Morgan fingerprint density at radius 2 is 1.69 bits per heavy atom. The quantitative estimate of drug-likeness (QED) is 0.672. The Hall–Kier alpha value is -2.43. The number of anilines is 1. The summed E-state index contributed by atoms with van der Waals surface area (Å²) < 4.78 is 0. The summed E-state index contributed by atoms with van der Waals surface area (Å²) in [5, 5.41) is 2.84. The minimum absolute atomic E-state index is 0.152. The van der Waals surface area contributed by atoms with Crippen molar-refractivity contribution in [2.45, 2.75) is 20.3 Å². The predicted octanol–water partition coefficient (Wildman–Crippen LogP) is 2.30. The van der Waals surface area contributed by atoms with Gasteiger partial charge in [0.2, 0.25) is 17.7 Å². The summed E-state index contributed by atoms with van der Waals surface area (Å²) in [6.07, 6.45) is 5.43. The zero-order valence-corrected chi connectivity index (χ0v) is 14.9. The molecule has 1 heterocycles. The topological polar surface area (TPSA) is 66.5 Å². The molecule has 1 saturated heterocycles. The largest absolute Gasteiger partial charge is 0.324 e. The molecule has 5 nitrogen and oxygen atoms in total. The molecule has 26 heavy (non-hydrogen) atoms. The molecule has 1 aliphatic heterocycles. The number of benzene rings is 1. The van der Waals surface area contributed by atoms with Gasteiger partial charge in [0.1, 0.15) is 6.54 Å².